The first-order valence-electron chi connectivity index (χ1n) is 5.58. The first kappa shape index (κ1) is 12.6. The van der Waals surface area contributed by atoms with E-state index in [1.165, 1.54) is 6.33 Å². The molecule has 16 heavy (non-hydrogen) atoms. The van der Waals surface area contributed by atoms with E-state index in [1.807, 2.05) is 0 Å². The third kappa shape index (κ3) is 4.39. The van der Waals surface area contributed by atoms with Gasteiger partial charge in [0.25, 0.3) is 0 Å². The van der Waals surface area contributed by atoms with Gasteiger partial charge in [0.15, 0.2) is 0 Å². The summed E-state index contributed by atoms with van der Waals surface area (Å²) in [6.07, 6.45) is 5.40. The highest BCUT2D eigenvalue weighted by Crippen LogP contribution is 1.96. The molecule has 1 aromatic rings. The number of nitrogens with one attached hydrogen (secondary N) is 1. The van der Waals surface area contributed by atoms with Crippen molar-refractivity contribution in [3.63, 3.8) is 0 Å². The van der Waals surface area contributed by atoms with Gasteiger partial charge in [-0.15, -0.1) is 0 Å². The summed E-state index contributed by atoms with van der Waals surface area (Å²) in [7, 11) is 0. The molecular formula is C10H19N5O. The zero-order chi connectivity index (χ0) is 11.8. The Morgan fingerprint density at radius 1 is 1.62 bits per heavy atom. The van der Waals surface area contributed by atoms with Crippen LogP contribution in [0, 0.1) is 0 Å². The Morgan fingerprint density at radius 2 is 2.44 bits per heavy atom. The first-order chi connectivity index (χ1) is 7.76. The molecule has 0 aliphatic heterocycles. The summed E-state index contributed by atoms with van der Waals surface area (Å²) in [5, 5.41) is 6.83. The minimum absolute atomic E-state index is 0.0133. The van der Waals surface area contributed by atoms with Crippen LogP contribution in [0.25, 0.3) is 0 Å². The maximum atomic E-state index is 11.6. The third-order valence-corrected chi connectivity index (χ3v) is 2.32. The number of hydrogen-bond acceptors (Lipinski definition) is 4. The van der Waals surface area contributed by atoms with E-state index < -0.39 is 0 Å². The molecule has 1 aromatic heterocycles. The highest BCUT2D eigenvalue weighted by Gasteiger charge is 2.09. The second kappa shape index (κ2) is 6.95. The summed E-state index contributed by atoms with van der Waals surface area (Å²) in [5.41, 5.74) is 5.56. The lowest BCUT2D eigenvalue weighted by molar-refractivity contribution is -0.122. The molecule has 0 radical (unpaired) electrons. The van der Waals surface area contributed by atoms with E-state index in [9.17, 15) is 4.79 Å². The zero-order valence-corrected chi connectivity index (χ0v) is 9.59. The van der Waals surface area contributed by atoms with Crippen molar-refractivity contribution < 1.29 is 4.79 Å². The van der Waals surface area contributed by atoms with E-state index in [0.717, 1.165) is 12.8 Å². The van der Waals surface area contributed by atoms with Gasteiger partial charge >= 0.3 is 0 Å². The van der Waals surface area contributed by atoms with E-state index in [2.05, 4.69) is 22.3 Å². The van der Waals surface area contributed by atoms with E-state index >= 15 is 0 Å². The predicted molar refractivity (Wildman–Crippen MR) is 60.5 cm³/mol. The van der Waals surface area contributed by atoms with Crippen LogP contribution in [0.5, 0.6) is 0 Å². The molecule has 1 heterocycles. The van der Waals surface area contributed by atoms with Gasteiger partial charge in [0.2, 0.25) is 5.91 Å². The SMILES string of the molecule is CCCC(CN)NC(=O)CCn1cncn1. The number of hydrogen-bond donors (Lipinski definition) is 2. The molecule has 1 atom stereocenters. The van der Waals surface area contributed by atoms with Crippen LogP contribution >= 0.6 is 0 Å². The summed E-state index contributed by atoms with van der Waals surface area (Å²) >= 11 is 0. The van der Waals surface area contributed by atoms with Crippen LogP contribution < -0.4 is 11.1 Å². The van der Waals surface area contributed by atoms with Crippen LogP contribution in [0.4, 0.5) is 0 Å². The smallest absolute Gasteiger partial charge is 0.222 e. The Morgan fingerprint density at radius 3 is 3.00 bits per heavy atom. The molecule has 0 aliphatic carbocycles. The average molecular weight is 225 g/mol. The van der Waals surface area contributed by atoms with Crippen LogP contribution in [0.15, 0.2) is 12.7 Å². The number of nitrogens with two attached hydrogens (primary N) is 1. The first-order valence-corrected chi connectivity index (χ1v) is 5.58. The molecular weight excluding hydrogens is 206 g/mol. The Labute approximate surface area is 95.2 Å². The van der Waals surface area contributed by atoms with Gasteiger partial charge in [0.1, 0.15) is 12.7 Å². The molecule has 0 fully saturated rings. The number of nitrogens with zero attached hydrogens (tertiary/aromatic N) is 3. The fourth-order valence-electron chi connectivity index (χ4n) is 1.46. The molecule has 0 saturated carbocycles. The zero-order valence-electron chi connectivity index (χ0n) is 9.59. The summed E-state index contributed by atoms with van der Waals surface area (Å²) < 4.78 is 1.64. The quantitative estimate of drug-likeness (QED) is 0.679. The van der Waals surface area contributed by atoms with E-state index in [-0.39, 0.29) is 11.9 Å². The topological polar surface area (TPSA) is 85.8 Å². The Bertz CT molecular complexity index is 298. The summed E-state index contributed by atoms with van der Waals surface area (Å²) in [5.74, 6) is 0.0133. The molecule has 6 heteroatoms. The Kier molecular flexibility index (Phi) is 5.49. The van der Waals surface area contributed by atoms with Gasteiger partial charge in [0, 0.05) is 19.0 Å². The van der Waals surface area contributed by atoms with Crippen molar-refractivity contribution in [3.05, 3.63) is 12.7 Å². The molecule has 0 bridgehead atoms. The fourth-order valence-corrected chi connectivity index (χ4v) is 1.46. The number of aromatic nitrogens is 3. The summed E-state index contributed by atoms with van der Waals surface area (Å²) in [6, 6.07) is 0.0910. The molecule has 0 saturated heterocycles. The van der Waals surface area contributed by atoms with Crippen LogP contribution in [-0.4, -0.2) is 33.3 Å². The van der Waals surface area contributed by atoms with Crippen LogP contribution in [-0.2, 0) is 11.3 Å². The van der Waals surface area contributed by atoms with Crippen molar-refractivity contribution in [1.82, 2.24) is 20.1 Å². The maximum absolute atomic E-state index is 11.6. The number of aryl methyl sites for hydroxylation is 1. The molecule has 6 nitrogen and oxygen atoms in total. The molecule has 0 aromatic carbocycles. The van der Waals surface area contributed by atoms with Crippen molar-refractivity contribution >= 4 is 5.91 Å². The fraction of sp³-hybridized carbons (Fsp3) is 0.700. The Balaban J connectivity index is 2.24. The standard InChI is InChI=1S/C10H19N5O/c1-2-3-9(6-11)14-10(16)4-5-15-8-12-7-13-15/h7-9H,2-6,11H2,1H3,(H,14,16). The van der Waals surface area contributed by atoms with Crippen molar-refractivity contribution in [1.29, 1.82) is 0 Å². The highest BCUT2D eigenvalue weighted by atomic mass is 16.1. The minimum Gasteiger partial charge on any atom is -0.352 e. The second-order valence-electron chi connectivity index (χ2n) is 3.70. The monoisotopic (exact) mass is 225 g/mol. The normalized spacial score (nSPS) is 12.4. The van der Waals surface area contributed by atoms with Crippen LogP contribution in [0.2, 0.25) is 0 Å². The highest BCUT2D eigenvalue weighted by molar-refractivity contribution is 5.76. The van der Waals surface area contributed by atoms with Gasteiger partial charge in [-0.05, 0) is 6.42 Å². The Hall–Kier alpha value is -1.43. The van der Waals surface area contributed by atoms with Gasteiger partial charge in [-0.25, -0.2) is 4.98 Å². The van der Waals surface area contributed by atoms with Gasteiger partial charge in [-0.1, -0.05) is 13.3 Å². The average Bonchev–Trinajstić information content (AvgIpc) is 2.78. The number of carbonyl (C=O) groups excluding carboxylic acids is 1. The minimum atomic E-state index is 0.0133. The number of amides is 1. The molecule has 3 N–H and O–H groups in total. The van der Waals surface area contributed by atoms with E-state index in [0.29, 0.717) is 19.5 Å². The molecule has 0 aliphatic rings. The predicted octanol–water partition coefficient (Wildman–Crippen LogP) is -0.0882. The van der Waals surface area contributed by atoms with Crippen molar-refractivity contribution in [3.8, 4) is 0 Å². The lowest BCUT2D eigenvalue weighted by Crippen LogP contribution is -2.40. The van der Waals surface area contributed by atoms with E-state index in [4.69, 9.17) is 5.73 Å². The van der Waals surface area contributed by atoms with Crippen LogP contribution in [0.1, 0.15) is 26.2 Å². The van der Waals surface area contributed by atoms with Crippen molar-refractivity contribution in [2.24, 2.45) is 5.73 Å². The summed E-state index contributed by atoms with van der Waals surface area (Å²) in [4.78, 5) is 15.4. The lowest BCUT2D eigenvalue weighted by atomic mass is 10.1. The molecule has 1 amide bonds. The maximum Gasteiger partial charge on any atom is 0.222 e. The number of carbonyl (C=O) groups is 1. The van der Waals surface area contributed by atoms with E-state index in [1.54, 1.807) is 11.0 Å². The largest absolute Gasteiger partial charge is 0.352 e. The second-order valence-corrected chi connectivity index (χ2v) is 3.70. The number of rotatable bonds is 7. The molecule has 1 unspecified atom stereocenters. The molecule has 0 spiro atoms. The van der Waals surface area contributed by atoms with Crippen LogP contribution in [0.3, 0.4) is 0 Å². The lowest BCUT2D eigenvalue weighted by Gasteiger charge is -2.15. The molecule has 1 rings (SSSR count). The van der Waals surface area contributed by atoms with Crippen molar-refractivity contribution in [2.45, 2.75) is 38.8 Å². The van der Waals surface area contributed by atoms with Gasteiger partial charge < -0.3 is 11.1 Å². The van der Waals surface area contributed by atoms with Gasteiger partial charge in [0.05, 0.1) is 6.54 Å². The van der Waals surface area contributed by atoms with Crippen molar-refractivity contribution in [2.75, 3.05) is 6.54 Å². The molecule has 90 valence electrons. The summed E-state index contributed by atoms with van der Waals surface area (Å²) in [6.45, 7) is 3.11. The third-order valence-electron chi connectivity index (χ3n) is 2.32. The van der Waals surface area contributed by atoms with Gasteiger partial charge in [-0.2, -0.15) is 5.10 Å². The van der Waals surface area contributed by atoms with Gasteiger partial charge in [-0.3, -0.25) is 9.48 Å².